The maximum atomic E-state index is 12.6. The first kappa shape index (κ1) is 15.7. The number of fused-ring (bicyclic) bond motifs is 1. The number of rotatable bonds is 5. The van der Waals surface area contributed by atoms with Gasteiger partial charge in [-0.25, -0.2) is 4.98 Å². The molecule has 114 valence electrons. The fourth-order valence-electron chi connectivity index (χ4n) is 2.83. The van der Waals surface area contributed by atoms with Gasteiger partial charge in [0.2, 0.25) is 0 Å². The van der Waals surface area contributed by atoms with Gasteiger partial charge in [0.25, 0.3) is 0 Å². The molecule has 0 aliphatic carbocycles. The van der Waals surface area contributed by atoms with E-state index in [1.54, 1.807) is 7.11 Å². The van der Waals surface area contributed by atoms with E-state index in [1.807, 2.05) is 45.0 Å². The lowest BCUT2D eigenvalue weighted by molar-refractivity contribution is -0.134. The first-order valence-corrected chi connectivity index (χ1v) is 7.38. The van der Waals surface area contributed by atoms with E-state index in [-0.39, 0.29) is 11.2 Å². The molecule has 0 bridgehead atoms. The van der Waals surface area contributed by atoms with E-state index in [0.29, 0.717) is 6.42 Å². The van der Waals surface area contributed by atoms with Crippen molar-refractivity contribution in [2.75, 3.05) is 7.11 Å². The van der Waals surface area contributed by atoms with Crippen LogP contribution in [-0.4, -0.2) is 28.5 Å². The Balaban J connectivity index is 2.33. The largest absolute Gasteiger partial charge is 0.373 e. The van der Waals surface area contributed by atoms with E-state index in [4.69, 9.17) is 4.74 Å². The SMILES string of the molecule is CCn1c(CC(=O)C(OC)C(C)(C)C)nc2ccccc21. The summed E-state index contributed by atoms with van der Waals surface area (Å²) in [5, 5.41) is 0. The van der Waals surface area contributed by atoms with Gasteiger partial charge in [0.05, 0.1) is 17.5 Å². The van der Waals surface area contributed by atoms with Crippen molar-refractivity contribution < 1.29 is 9.53 Å². The molecule has 0 spiro atoms. The Morgan fingerprint density at radius 3 is 2.57 bits per heavy atom. The van der Waals surface area contributed by atoms with Gasteiger partial charge in [0.1, 0.15) is 11.9 Å². The monoisotopic (exact) mass is 288 g/mol. The average Bonchev–Trinajstić information content (AvgIpc) is 2.74. The number of aryl methyl sites for hydroxylation is 1. The highest BCUT2D eigenvalue weighted by Gasteiger charge is 2.31. The molecule has 0 aliphatic rings. The Bertz CT molecular complexity index is 638. The maximum absolute atomic E-state index is 12.6. The van der Waals surface area contributed by atoms with E-state index in [9.17, 15) is 4.79 Å². The minimum atomic E-state index is -0.414. The summed E-state index contributed by atoms with van der Waals surface area (Å²) in [6, 6.07) is 7.98. The second-order valence-corrected chi connectivity index (χ2v) is 6.39. The molecule has 1 atom stereocenters. The number of ether oxygens (including phenoxy) is 1. The fourth-order valence-corrected chi connectivity index (χ4v) is 2.83. The second kappa shape index (κ2) is 5.98. The number of nitrogens with zero attached hydrogens (tertiary/aromatic N) is 2. The highest BCUT2D eigenvalue weighted by Crippen LogP contribution is 2.24. The van der Waals surface area contributed by atoms with Crippen molar-refractivity contribution in [2.24, 2.45) is 5.41 Å². The predicted octanol–water partition coefficient (Wildman–Crippen LogP) is 3.23. The molecular formula is C17H24N2O2. The van der Waals surface area contributed by atoms with E-state index in [1.165, 1.54) is 0 Å². The van der Waals surface area contributed by atoms with Crippen molar-refractivity contribution in [3.8, 4) is 0 Å². The van der Waals surface area contributed by atoms with Gasteiger partial charge in [-0.3, -0.25) is 4.79 Å². The summed E-state index contributed by atoms with van der Waals surface area (Å²) < 4.78 is 7.51. The third-order valence-corrected chi connectivity index (χ3v) is 3.70. The lowest BCUT2D eigenvalue weighted by Gasteiger charge is -2.27. The van der Waals surface area contributed by atoms with Gasteiger partial charge in [-0.1, -0.05) is 32.9 Å². The molecule has 2 rings (SSSR count). The number of ketones is 1. The van der Waals surface area contributed by atoms with Crippen molar-refractivity contribution >= 4 is 16.8 Å². The van der Waals surface area contributed by atoms with Crippen molar-refractivity contribution in [3.05, 3.63) is 30.1 Å². The number of methoxy groups -OCH3 is 1. The number of imidazole rings is 1. The Kier molecular flexibility index (Phi) is 4.47. The molecule has 0 aliphatic heterocycles. The molecular weight excluding hydrogens is 264 g/mol. The highest BCUT2D eigenvalue weighted by atomic mass is 16.5. The molecule has 21 heavy (non-hydrogen) atoms. The van der Waals surface area contributed by atoms with E-state index < -0.39 is 6.10 Å². The van der Waals surface area contributed by atoms with Crippen LogP contribution in [-0.2, 0) is 22.5 Å². The number of carbonyl (C=O) groups is 1. The molecule has 1 aromatic carbocycles. The topological polar surface area (TPSA) is 44.1 Å². The molecule has 0 N–H and O–H groups in total. The lowest BCUT2D eigenvalue weighted by atomic mass is 9.85. The molecule has 0 saturated heterocycles. The zero-order valence-electron chi connectivity index (χ0n) is 13.5. The Hall–Kier alpha value is -1.68. The first-order valence-electron chi connectivity index (χ1n) is 7.38. The van der Waals surface area contributed by atoms with Crippen molar-refractivity contribution in [2.45, 2.75) is 46.8 Å². The third kappa shape index (κ3) is 3.16. The molecule has 1 heterocycles. The molecule has 2 aromatic rings. The summed E-state index contributed by atoms with van der Waals surface area (Å²) in [4.78, 5) is 17.2. The normalized spacial score (nSPS) is 13.6. The van der Waals surface area contributed by atoms with Gasteiger partial charge in [0, 0.05) is 13.7 Å². The number of benzene rings is 1. The Morgan fingerprint density at radius 2 is 2.00 bits per heavy atom. The van der Waals surface area contributed by atoms with Gasteiger partial charge in [-0.2, -0.15) is 0 Å². The fraction of sp³-hybridized carbons (Fsp3) is 0.529. The molecule has 1 unspecified atom stereocenters. The molecule has 4 nitrogen and oxygen atoms in total. The van der Waals surface area contributed by atoms with Crippen molar-refractivity contribution in [1.82, 2.24) is 9.55 Å². The summed E-state index contributed by atoms with van der Waals surface area (Å²) >= 11 is 0. The Morgan fingerprint density at radius 1 is 1.33 bits per heavy atom. The smallest absolute Gasteiger partial charge is 0.169 e. The quantitative estimate of drug-likeness (QED) is 0.848. The molecule has 0 fully saturated rings. The summed E-state index contributed by atoms with van der Waals surface area (Å²) in [6.07, 6.45) is -0.110. The minimum absolute atomic E-state index is 0.0787. The molecule has 0 radical (unpaired) electrons. The summed E-state index contributed by atoms with van der Waals surface area (Å²) in [6.45, 7) is 8.92. The zero-order valence-corrected chi connectivity index (χ0v) is 13.5. The lowest BCUT2D eigenvalue weighted by Crippen LogP contribution is -2.37. The predicted molar refractivity (Wildman–Crippen MR) is 84.4 cm³/mol. The van der Waals surface area contributed by atoms with E-state index >= 15 is 0 Å². The Labute approximate surface area is 126 Å². The van der Waals surface area contributed by atoms with E-state index in [2.05, 4.69) is 16.5 Å². The van der Waals surface area contributed by atoms with Crippen LogP contribution in [0.25, 0.3) is 11.0 Å². The van der Waals surface area contributed by atoms with Gasteiger partial charge in [-0.05, 0) is 24.5 Å². The number of Topliss-reactive ketones (excluding diaryl/α,β-unsaturated/α-hetero) is 1. The zero-order chi connectivity index (χ0) is 15.6. The maximum Gasteiger partial charge on any atom is 0.169 e. The van der Waals surface area contributed by atoms with E-state index in [0.717, 1.165) is 23.4 Å². The van der Waals surface area contributed by atoms with Crippen LogP contribution in [0.2, 0.25) is 0 Å². The van der Waals surface area contributed by atoms with Crippen LogP contribution in [0.1, 0.15) is 33.5 Å². The van der Waals surface area contributed by atoms with Crippen LogP contribution < -0.4 is 0 Å². The number of para-hydroxylation sites is 2. The number of hydrogen-bond donors (Lipinski definition) is 0. The highest BCUT2D eigenvalue weighted by molar-refractivity contribution is 5.86. The molecule has 0 amide bonds. The molecule has 0 saturated carbocycles. The third-order valence-electron chi connectivity index (χ3n) is 3.70. The average molecular weight is 288 g/mol. The van der Waals surface area contributed by atoms with Crippen LogP contribution >= 0.6 is 0 Å². The number of hydrogen-bond acceptors (Lipinski definition) is 3. The number of carbonyl (C=O) groups excluding carboxylic acids is 1. The van der Waals surface area contributed by atoms with Gasteiger partial charge < -0.3 is 9.30 Å². The van der Waals surface area contributed by atoms with Gasteiger partial charge in [0.15, 0.2) is 5.78 Å². The van der Waals surface area contributed by atoms with Crippen LogP contribution in [0, 0.1) is 5.41 Å². The van der Waals surface area contributed by atoms with Crippen LogP contribution in [0.5, 0.6) is 0 Å². The summed E-state index contributed by atoms with van der Waals surface area (Å²) in [5.74, 6) is 0.894. The number of aromatic nitrogens is 2. The minimum Gasteiger partial charge on any atom is -0.373 e. The van der Waals surface area contributed by atoms with Crippen molar-refractivity contribution in [1.29, 1.82) is 0 Å². The summed E-state index contributed by atoms with van der Waals surface area (Å²) in [5.41, 5.74) is 1.80. The molecule has 1 aromatic heterocycles. The van der Waals surface area contributed by atoms with Crippen LogP contribution in [0.15, 0.2) is 24.3 Å². The van der Waals surface area contributed by atoms with Crippen LogP contribution in [0.4, 0.5) is 0 Å². The second-order valence-electron chi connectivity index (χ2n) is 6.39. The van der Waals surface area contributed by atoms with Crippen LogP contribution in [0.3, 0.4) is 0 Å². The summed E-state index contributed by atoms with van der Waals surface area (Å²) in [7, 11) is 1.59. The standard InChI is InChI=1S/C17H24N2O2/c1-6-19-13-10-8-7-9-12(13)18-15(19)11-14(20)16(21-5)17(2,3)4/h7-10,16H,6,11H2,1-5H3. The molecule has 4 heteroatoms. The van der Waals surface area contributed by atoms with Crippen molar-refractivity contribution in [3.63, 3.8) is 0 Å². The van der Waals surface area contributed by atoms with Gasteiger partial charge >= 0.3 is 0 Å². The van der Waals surface area contributed by atoms with Gasteiger partial charge in [-0.15, -0.1) is 0 Å². The first-order chi connectivity index (χ1) is 9.88.